The summed E-state index contributed by atoms with van der Waals surface area (Å²) in [6.45, 7) is 3.41. The minimum Gasteiger partial charge on any atom is -0.326 e. The highest BCUT2D eigenvalue weighted by Crippen LogP contribution is 2.37. The Labute approximate surface area is 125 Å². The quantitative estimate of drug-likeness (QED) is 0.833. The summed E-state index contributed by atoms with van der Waals surface area (Å²) in [7, 11) is 0. The monoisotopic (exact) mass is 318 g/mol. The molecule has 0 spiro atoms. The van der Waals surface area contributed by atoms with E-state index in [0.29, 0.717) is 12.2 Å². The summed E-state index contributed by atoms with van der Waals surface area (Å²) in [5, 5.41) is 5.97. The fourth-order valence-corrected chi connectivity index (χ4v) is 2.94. The number of hydrogen-bond acceptors (Lipinski definition) is 3. The Morgan fingerprint density at radius 2 is 2.05 bits per heavy atom. The number of amides is 1. The lowest BCUT2D eigenvalue weighted by molar-refractivity contribution is -0.124. The van der Waals surface area contributed by atoms with Gasteiger partial charge in [-0.05, 0) is 55.4 Å². The van der Waals surface area contributed by atoms with E-state index in [9.17, 15) is 18.0 Å². The Bertz CT molecular complexity index is 496. The van der Waals surface area contributed by atoms with Crippen molar-refractivity contribution < 1.29 is 18.0 Å². The van der Waals surface area contributed by atoms with Crippen LogP contribution in [0.2, 0.25) is 0 Å². The number of nitrogens with one attached hydrogen (secondary N) is 2. The molecule has 1 saturated heterocycles. The largest absolute Gasteiger partial charge is 0.446 e. The topological polar surface area (TPSA) is 41.1 Å². The number of benzene rings is 1. The fourth-order valence-electron chi connectivity index (χ4n) is 2.40. The predicted molar refractivity (Wildman–Crippen MR) is 77.2 cm³/mol. The van der Waals surface area contributed by atoms with E-state index in [1.807, 2.05) is 6.92 Å². The molecular weight excluding hydrogens is 301 g/mol. The summed E-state index contributed by atoms with van der Waals surface area (Å²) in [6, 6.07) is 5.72. The number of carbonyl (C=O) groups excluding carboxylic acids is 1. The molecule has 1 unspecified atom stereocenters. The van der Waals surface area contributed by atoms with E-state index in [1.54, 1.807) is 0 Å². The second-order valence-electron chi connectivity index (χ2n) is 5.09. The van der Waals surface area contributed by atoms with Gasteiger partial charge in [0.05, 0.1) is 5.41 Å². The number of alkyl halides is 3. The van der Waals surface area contributed by atoms with Gasteiger partial charge in [0.2, 0.25) is 5.91 Å². The summed E-state index contributed by atoms with van der Waals surface area (Å²) in [4.78, 5) is 12.4. The first-order valence-corrected chi connectivity index (χ1v) is 7.54. The van der Waals surface area contributed by atoms with Gasteiger partial charge in [0.25, 0.3) is 0 Å². The van der Waals surface area contributed by atoms with Crippen molar-refractivity contribution in [3.8, 4) is 0 Å². The molecule has 3 nitrogen and oxygen atoms in total. The van der Waals surface area contributed by atoms with Gasteiger partial charge in [-0.3, -0.25) is 4.79 Å². The molecule has 21 heavy (non-hydrogen) atoms. The molecule has 1 aromatic rings. The SMILES string of the molecule is CCC1(C(=O)Nc2ccc(SC(F)(F)F)cc2)CCNC1. The van der Waals surface area contributed by atoms with Crippen LogP contribution in [0.1, 0.15) is 19.8 Å². The van der Waals surface area contributed by atoms with Crippen LogP contribution >= 0.6 is 11.8 Å². The average molecular weight is 318 g/mol. The van der Waals surface area contributed by atoms with Gasteiger partial charge in [0, 0.05) is 17.1 Å². The van der Waals surface area contributed by atoms with Gasteiger partial charge >= 0.3 is 5.51 Å². The molecule has 1 aromatic carbocycles. The molecule has 0 saturated carbocycles. The highest BCUT2D eigenvalue weighted by molar-refractivity contribution is 8.00. The third-order valence-corrected chi connectivity index (χ3v) is 4.49. The predicted octanol–water partition coefficient (Wildman–Crippen LogP) is 3.63. The number of thioether (sulfide) groups is 1. The van der Waals surface area contributed by atoms with Gasteiger partial charge in [-0.15, -0.1) is 0 Å². The molecule has 0 radical (unpaired) electrons. The van der Waals surface area contributed by atoms with E-state index in [0.717, 1.165) is 19.4 Å². The van der Waals surface area contributed by atoms with E-state index >= 15 is 0 Å². The van der Waals surface area contributed by atoms with Crippen molar-refractivity contribution in [3.05, 3.63) is 24.3 Å². The number of anilines is 1. The first kappa shape index (κ1) is 16.2. The average Bonchev–Trinajstić information content (AvgIpc) is 2.89. The van der Waals surface area contributed by atoms with Gasteiger partial charge in [0.15, 0.2) is 0 Å². The van der Waals surface area contributed by atoms with Gasteiger partial charge < -0.3 is 10.6 Å². The standard InChI is InChI=1S/C14H17F3N2OS/c1-2-13(7-8-18-9-13)12(20)19-10-3-5-11(6-4-10)21-14(15,16)17/h3-6,18H,2,7-9H2,1H3,(H,19,20). The molecule has 1 aliphatic rings. The van der Waals surface area contributed by atoms with Crippen LogP contribution in [-0.4, -0.2) is 24.5 Å². The number of halogens is 3. The van der Waals surface area contributed by atoms with E-state index < -0.39 is 10.9 Å². The fraction of sp³-hybridized carbons (Fsp3) is 0.500. The lowest BCUT2D eigenvalue weighted by atomic mass is 9.83. The Morgan fingerprint density at radius 1 is 1.38 bits per heavy atom. The smallest absolute Gasteiger partial charge is 0.326 e. The Kier molecular flexibility index (Phi) is 4.83. The van der Waals surface area contributed by atoms with Crippen LogP contribution in [0, 0.1) is 5.41 Å². The molecule has 1 heterocycles. The second kappa shape index (κ2) is 6.27. The molecule has 0 bridgehead atoms. The summed E-state index contributed by atoms with van der Waals surface area (Å²) < 4.78 is 36.7. The van der Waals surface area contributed by atoms with Gasteiger partial charge in [-0.1, -0.05) is 6.92 Å². The Balaban J connectivity index is 2.01. The molecule has 1 fully saturated rings. The van der Waals surface area contributed by atoms with Crippen LogP contribution in [-0.2, 0) is 4.79 Å². The second-order valence-corrected chi connectivity index (χ2v) is 6.23. The summed E-state index contributed by atoms with van der Waals surface area (Å²) in [6.07, 6.45) is 1.51. The van der Waals surface area contributed by atoms with Gasteiger partial charge in [-0.2, -0.15) is 13.2 Å². The van der Waals surface area contributed by atoms with Crippen LogP contribution in [0.15, 0.2) is 29.2 Å². The molecule has 2 N–H and O–H groups in total. The van der Waals surface area contributed by atoms with Crippen LogP contribution in [0.4, 0.5) is 18.9 Å². The van der Waals surface area contributed by atoms with Crippen LogP contribution in [0.25, 0.3) is 0 Å². The zero-order valence-electron chi connectivity index (χ0n) is 11.6. The Hall–Kier alpha value is -1.21. The van der Waals surface area contributed by atoms with Crippen molar-refractivity contribution in [2.75, 3.05) is 18.4 Å². The van der Waals surface area contributed by atoms with Crippen LogP contribution in [0.5, 0.6) is 0 Å². The minimum atomic E-state index is -4.30. The van der Waals surface area contributed by atoms with Crippen molar-refractivity contribution in [2.24, 2.45) is 5.41 Å². The van der Waals surface area contributed by atoms with Gasteiger partial charge in [-0.25, -0.2) is 0 Å². The zero-order valence-corrected chi connectivity index (χ0v) is 12.4. The van der Waals surface area contributed by atoms with E-state index in [2.05, 4.69) is 10.6 Å². The maximum atomic E-state index is 12.3. The maximum absolute atomic E-state index is 12.3. The van der Waals surface area contributed by atoms with Crippen LogP contribution < -0.4 is 10.6 Å². The lowest BCUT2D eigenvalue weighted by Crippen LogP contribution is -2.37. The number of carbonyl (C=O) groups is 1. The van der Waals surface area contributed by atoms with E-state index in [-0.39, 0.29) is 22.6 Å². The summed E-state index contributed by atoms with van der Waals surface area (Å²) >= 11 is -0.165. The van der Waals surface area contributed by atoms with Crippen molar-refractivity contribution in [2.45, 2.75) is 30.2 Å². The van der Waals surface area contributed by atoms with Crippen LogP contribution in [0.3, 0.4) is 0 Å². The molecule has 0 aliphatic carbocycles. The first-order valence-electron chi connectivity index (χ1n) is 6.73. The highest BCUT2D eigenvalue weighted by Gasteiger charge is 2.39. The maximum Gasteiger partial charge on any atom is 0.446 e. The third-order valence-electron chi connectivity index (χ3n) is 3.75. The normalized spacial score (nSPS) is 22.3. The molecule has 1 aliphatic heterocycles. The summed E-state index contributed by atoms with van der Waals surface area (Å²) in [5.41, 5.74) is -4.20. The molecule has 1 atom stereocenters. The van der Waals surface area contributed by atoms with Crippen molar-refractivity contribution >= 4 is 23.4 Å². The van der Waals surface area contributed by atoms with E-state index in [1.165, 1.54) is 24.3 Å². The third kappa shape index (κ3) is 4.14. The number of rotatable bonds is 4. The molecule has 7 heteroatoms. The minimum absolute atomic E-state index is 0.0776. The van der Waals surface area contributed by atoms with E-state index in [4.69, 9.17) is 0 Å². The molecule has 0 aromatic heterocycles. The highest BCUT2D eigenvalue weighted by atomic mass is 32.2. The van der Waals surface area contributed by atoms with Crippen molar-refractivity contribution in [1.82, 2.24) is 5.32 Å². The first-order chi connectivity index (χ1) is 9.85. The number of hydrogen-bond donors (Lipinski definition) is 2. The van der Waals surface area contributed by atoms with Crippen molar-refractivity contribution in [1.29, 1.82) is 0 Å². The molecule has 116 valence electrons. The Morgan fingerprint density at radius 3 is 2.52 bits per heavy atom. The lowest BCUT2D eigenvalue weighted by Gasteiger charge is -2.25. The zero-order chi connectivity index (χ0) is 15.5. The molecular formula is C14H17F3N2OS. The molecule has 1 amide bonds. The molecule has 2 rings (SSSR count). The van der Waals surface area contributed by atoms with Gasteiger partial charge in [0.1, 0.15) is 0 Å². The van der Waals surface area contributed by atoms with Crippen molar-refractivity contribution in [3.63, 3.8) is 0 Å². The summed E-state index contributed by atoms with van der Waals surface area (Å²) in [5.74, 6) is -0.0776.